The first kappa shape index (κ1) is 11.8. The number of piperazine rings is 1. The third kappa shape index (κ3) is 2.86. The summed E-state index contributed by atoms with van der Waals surface area (Å²) in [6.07, 6.45) is 1.18. The van der Waals surface area contributed by atoms with E-state index in [1.165, 1.54) is 10.6 Å². The highest BCUT2D eigenvalue weighted by atomic mass is 32.2. The Morgan fingerprint density at radius 1 is 1.29 bits per heavy atom. The predicted molar refractivity (Wildman–Crippen MR) is 56.8 cm³/mol. The third-order valence-electron chi connectivity index (χ3n) is 2.20. The molecule has 1 amide bonds. The number of sulfonamides is 1. The lowest BCUT2D eigenvalue weighted by Crippen LogP contribution is -2.50. The van der Waals surface area contributed by atoms with E-state index in [-0.39, 0.29) is 11.7 Å². The molecule has 0 bridgehead atoms. The number of hydrogen-bond donors (Lipinski definition) is 1. The number of carbonyl (C=O) groups is 1. The Bertz CT molecular complexity index is 307. The van der Waals surface area contributed by atoms with Crippen molar-refractivity contribution in [2.75, 3.05) is 38.2 Å². The lowest BCUT2D eigenvalue weighted by Gasteiger charge is -2.32. The zero-order valence-corrected chi connectivity index (χ0v) is 9.72. The topological polar surface area (TPSA) is 57.7 Å². The van der Waals surface area contributed by atoms with Crippen LogP contribution in [0.2, 0.25) is 0 Å². The van der Waals surface area contributed by atoms with Crippen LogP contribution in [0.15, 0.2) is 0 Å². The quantitative estimate of drug-likeness (QED) is 0.629. The zero-order valence-electron chi connectivity index (χ0n) is 8.01. The maximum absolute atomic E-state index is 11.2. The summed E-state index contributed by atoms with van der Waals surface area (Å²) in [5, 5.41) is 0. The van der Waals surface area contributed by atoms with Crippen LogP contribution >= 0.6 is 12.6 Å². The van der Waals surface area contributed by atoms with E-state index >= 15 is 0 Å². The van der Waals surface area contributed by atoms with Crippen molar-refractivity contribution in [1.82, 2.24) is 9.21 Å². The molecular weight excluding hydrogens is 224 g/mol. The molecule has 1 rings (SSSR count). The fraction of sp³-hybridized carbons (Fsp3) is 0.857. The van der Waals surface area contributed by atoms with Crippen molar-refractivity contribution < 1.29 is 13.2 Å². The van der Waals surface area contributed by atoms with Crippen LogP contribution in [0.4, 0.5) is 0 Å². The lowest BCUT2D eigenvalue weighted by molar-refractivity contribution is -0.129. The van der Waals surface area contributed by atoms with E-state index in [1.807, 2.05) is 0 Å². The van der Waals surface area contributed by atoms with Crippen LogP contribution in [0.1, 0.15) is 0 Å². The first-order chi connectivity index (χ1) is 6.45. The van der Waals surface area contributed by atoms with Crippen LogP contribution in [0.3, 0.4) is 0 Å². The number of carbonyl (C=O) groups excluding carboxylic acids is 1. The minimum Gasteiger partial charge on any atom is -0.339 e. The third-order valence-corrected chi connectivity index (χ3v) is 3.77. The molecule has 0 unspecified atom stereocenters. The summed E-state index contributed by atoms with van der Waals surface area (Å²) in [4.78, 5) is 12.8. The van der Waals surface area contributed by atoms with Gasteiger partial charge in [-0.2, -0.15) is 16.9 Å². The van der Waals surface area contributed by atoms with Gasteiger partial charge in [0.15, 0.2) is 0 Å². The van der Waals surface area contributed by atoms with Gasteiger partial charge in [0.25, 0.3) is 0 Å². The fourth-order valence-corrected chi connectivity index (χ4v) is 2.40. The highest BCUT2D eigenvalue weighted by Gasteiger charge is 2.24. The summed E-state index contributed by atoms with van der Waals surface area (Å²) in [5.74, 6) is 0.139. The Kier molecular flexibility index (Phi) is 3.79. The molecule has 1 aliphatic heterocycles. The molecule has 14 heavy (non-hydrogen) atoms. The van der Waals surface area contributed by atoms with Gasteiger partial charge in [0.2, 0.25) is 15.9 Å². The van der Waals surface area contributed by atoms with Gasteiger partial charge in [-0.25, -0.2) is 8.42 Å². The second-order valence-corrected chi connectivity index (χ2v) is 5.50. The molecule has 1 saturated heterocycles. The molecule has 1 fully saturated rings. The second-order valence-electron chi connectivity index (χ2n) is 3.20. The zero-order chi connectivity index (χ0) is 10.8. The molecule has 0 N–H and O–H groups in total. The number of thiol groups is 1. The van der Waals surface area contributed by atoms with Crippen LogP contribution in [-0.4, -0.2) is 61.7 Å². The molecule has 0 aromatic carbocycles. The molecule has 0 aliphatic carbocycles. The summed E-state index contributed by atoms with van der Waals surface area (Å²) in [5.41, 5.74) is 0. The molecule has 1 heterocycles. The summed E-state index contributed by atoms with van der Waals surface area (Å²) in [7, 11) is -3.11. The Morgan fingerprint density at radius 2 is 1.79 bits per heavy atom. The smallest absolute Gasteiger partial charge is 0.232 e. The van der Waals surface area contributed by atoms with Gasteiger partial charge in [-0.1, -0.05) is 0 Å². The van der Waals surface area contributed by atoms with Crippen LogP contribution < -0.4 is 0 Å². The highest BCUT2D eigenvalue weighted by Crippen LogP contribution is 2.06. The van der Waals surface area contributed by atoms with E-state index in [2.05, 4.69) is 12.6 Å². The van der Waals surface area contributed by atoms with Gasteiger partial charge in [0.1, 0.15) is 0 Å². The van der Waals surface area contributed by atoms with E-state index in [0.29, 0.717) is 26.2 Å². The molecular formula is C7H14N2O3S2. The fourth-order valence-electron chi connectivity index (χ4n) is 1.37. The lowest BCUT2D eigenvalue weighted by atomic mass is 10.3. The van der Waals surface area contributed by atoms with Crippen LogP contribution in [0.5, 0.6) is 0 Å². The van der Waals surface area contributed by atoms with Crippen LogP contribution in [-0.2, 0) is 14.8 Å². The number of nitrogens with zero attached hydrogens (tertiary/aromatic N) is 2. The molecule has 1 aliphatic rings. The van der Waals surface area contributed by atoms with Crippen molar-refractivity contribution in [3.05, 3.63) is 0 Å². The highest BCUT2D eigenvalue weighted by molar-refractivity contribution is 7.88. The predicted octanol–water partition coefficient (Wildman–Crippen LogP) is -0.980. The molecule has 82 valence electrons. The van der Waals surface area contributed by atoms with E-state index in [0.717, 1.165) is 0 Å². The van der Waals surface area contributed by atoms with Gasteiger partial charge < -0.3 is 4.90 Å². The van der Waals surface area contributed by atoms with E-state index in [1.54, 1.807) is 4.90 Å². The number of rotatable bonds is 2. The maximum atomic E-state index is 11.2. The Hall–Kier alpha value is -0.270. The molecule has 7 heteroatoms. The summed E-state index contributed by atoms with van der Waals surface area (Å²) >= 11 is 3.88. The molecule has 0 atom stereocenters. The monoisotopic (exact) mass is 238 g/mol. The van der Waals surface area contributed by atoms with Gasteiger partial charge in [0, 0.05) is 26.2 Å². The van der Waals surface area contributed by atoms with Crippen LogP contribution in [0, 0.1) is 0 Å². The molecule has 0 aromatic rings. The van der Waals surface area contributed by atoms with Crippen molar-refractivity contribution in [1.29, 1.82) is 0 Å². The summed E-state index contributed by atoms with van der Waals surface area (Å²) < 4.78 is 23.7. The minimum absolute atomic E-state index is 0.0403. The summed E-state index contributed by atoms with van der Waals surface area (Å²) in [6, 6.07) is 0. The molecule has 0 aromatic heterocycles. The van der Waals surface area contributed by atoms with Crippen molar-refractivity contribution >= 4 is 28.6 Å². The van der Waals surface area contributed by atoms with Gasteiger partial charge in [-0.05, 0) is 0 Å². The largest absolute Gasteiger partial charge is 0.339 e. The number of amides is 1. The molecule has 5 nitrogen and oxygen atoms in total. The standard InChI is InChI=1S/C7H14N2O3S2/c1-14(11,12)9-4-2-8(3-5-9)7(10)6-13/h13H,2-6H2,1H3. The first-order valence-electron chi connectivity index (χ1n) is 4.29. The van der Waals surface area contributed by atoms with Gasteiger partial charge in [-0.15, -0.1) is 0 Å². The van der Waals surface area contributed by atoms with Crippen molar-refractivity contribution in [3.63, 3.8) is 0 Å². The average molecular weight is 238 g/mol. The van der Waals surface area contributed by atoms with Crippen molar-refractivity contribution in [3.8, 4) is 0 Å². The van der Waals surface area contributed by atoms with Gasteiger partial charge >= 0.3 is 0 Å². The number of hydrogen-bond acceptors (Lipinski definition) is 4. The van der Waals surface area contributed by atoms with Gasteiger partial charge in [-0.3, -0.25) is 4.79 Å². The first-order valence-corrected chi connectivity index (χ1v) is 6.77. The molecule has 0 saturated carbocycles. The second kappa shape index (κ2) is 4.50. The SMILES string of the molecule is CS(=O)(=O)N1CCN(C(=O)CS)CC1. The Balaban J connectivity index is 2.51. The minimum atomic E-state index is -3.11. The summed E-state index contributed by atoms with van der Waals surface area (Å²) in [6.45, 7) is 1.70. The Labute approximate surface area is 89.5 Å². The van der Waals surface area contributed by atoms with Gasteiger partial charge in [0.05, 0.1) is 12.0 Å². The van der Waals surface area contributed by atoms with Crippen LogP contribution in [0.25, 0.3) is 0 Å². The molecule has 0 spiro atoms. The maximum Gasteiger partial charge on any atom is 0.232 e. The molecule has 0 radical (unpaired) electrons. The van der Waals surface area contributed by atoms with Crippen molar-refractivity contribution in [2.45, 2.75) is 0 Å². The normalized spacial score (nSPS) is 19.7. The van der Waals surface area contributed by atoms with E-state index in [9.17, 15) is 13.2 Å². The Morgan fingerprint density at radius 3 is 2.14 bits per heavy atom. The van der Waals surface area contributed by atoms with E-state index < -0.39 is 10.0 Å². The van der Waals surface area contributed by atoms with E-state index in [4.69, 9.17) is 0 Å². The average Bonchev–Trinajstić information content (AvgIpc) is 2.15. The van der Waals surface area contributed by atoms with Crippen molar-refractivity contribution in [2.24, 2.45) is 0 Å².